The second kappa shape index (κ2) is 7.22. The van der Waals surface area contributed by atoms with E-state index in [0.29, 0.717) is 35.4 Å². The van der Waals surface area contributed by atoms with Crippen LogP contribution in [0.25, 0.3) is 0 Å². The number of aliphatic hydroxyl groups is 1. The van der Waals surface area contributed by atoms with E-state index in [1.165, 1.54) is 0 Å². The molecule has 0 aromatic heterocycles. The third-order valence-electron chi connectivity index (χ3n) is 2.59. The Morgan fingerprint density at radius 3 is 2.71 bits per heavy atom. The highest BCUT2D eigenvalue weighted by molar-refractivity contribution is 6.33. The van der Waals surface area contributed by atoms with Gasteiger partial charge in [0, 0.05) is 23.8 Å². The Hall–Kier alpha value is -0.280. The van der Waals surface area contributed by atoms with Crippen LogP contribution in [-0.4, -0.2) is 24.9 Å². The van der Waals surface area contributed by atoms with Gasteiger partial charge in [0.25, 0.3) is 0 Å². The molecule has 0 amide bonds. The van der Waals surface area contributed by atoms with Crippen LogP contribution in [0.2, 0.25) is 10.0 Å². The first kappa shape index (κ1) is 14.8. The summed E-state index contributed by atoms with van der Waals surface area (Å²) in [6.45, 7) is 2.70. The third kappa shape index (κ3) is 5.26. The lowest BCUT2D eigenvalue weighted by atomic mass is 9.99. The van der Waals surface area contributed by atoms with Crippen molar-refractivity contribution in [3.8, 4) is 0 Å². The number of halogens is 2. The summed E-state index contributed by atoms with van der Waals surface area (Å²) in [7, 11) is 1.66. The van der Waals surface area contributed by atoms with Gasteiger partial charge in [-0.05, 0) is 42.5 Å². The van der Waals surface area contributed by atoms with Crippen molar-refractivity contribution in [2.75, 3.05) is 13.7 Å². The molecule has 0 bridgehead atoms. The van der Waals surface area contributed by atoms with Crippen molar-refractivity contribution in [2.45, 2.75) is 25.9 Å². The Morgan fingerprint density at radius 1 is 1.35 bits per heavy atom. The first-order valence-electron chi connectivity index (χ1n) is 5.64. The number of aliphatic hydroxyl groups excluding tert-OH is 1. The monoisotopic (exact) mass is 276 g/mol. The minimum atomic E-state index is -0.420. The van der Waals surface area contributed by atoms with Gasteiger partial charge in [0.05, 0.1) is 6.10 Å². The summed E-state index contributed by atoms with van der Waals surface area (Å²) in [6.07, 6.45) is 0.792. The maximum Gasteiger partial charge on any atom is 0.0584 e. The van der Waals surface area contributed by atoms with E-state index in [1.807, 2.05) is 6.92 Å². The van der Waals surface area contributed by atoms with E-state index >= 15 is 0 Å². The van der Waals surface area contributed by atoms with Crippen LogP contribution in [0.3, 0.4) is 0 Å². The molecule has 2 unspecified atom stereocenters. The van der Waals surface area contributed by atoms with Crippen LogP contribution < -0.4 is 0 Å². The zero-order valence-electron chi connectivity index (χ0n) is 10.1. The predicted molar refractivity (Wildman–Crippen MR) is 71.8 cm³/mol. The molecule has 0 heterocycles. The summed E-state index contributed by atoms with van der Waals surface area (Å²) in [5.41, 5.74) is 0.885. The lowest BCUT2D eigenvalue weighted by Gasteiger charge is -2.16. The van der Waals surface area contributed by atoms with Gasteiger partial charge in [0.2, 0.25) is 0 Å². The maximum absolute atomic E-state index is 9.96. The van der Waals surface area contributed by atoms with Gasteiger partial charge in [-0.2, -0.15) is 0 Å². The summed E-state index contributed by atoms with van der Waals surface area (Å²) in [4.78, 5) is 0. The Kier molecular flexibility index (Phi) is 6.28. The largest absolute Gasteiger partial charge is 0.393 e. The number of hydrogen-bond acceptors (Lipinski definition) is 2. The number of hydrogen-bond donors (Lipinski definition) is 1. The molecule has 1 aromatic carbocycles. The number of rotatable bonds is 6. The molecule has 1 rings (SSSR count). The maximum atomic E-state index is 9.96. The second-order valence-electron chi connectivity index (χ2n) is 4.39. The Labute approximate surface area is 113 Å². The first-order chi connectivity index (χ1) is 8.02. The molecule has 1 aromatic rings. The van der Waals surface area contributed by atoms with Crippen molar-refractivity contribution in [1.29, 1.82) is 0 Å². The van der Waals surface area contributed by atoms with Crippen molar-refractivity contribution in [2.24, 2.45) is 5.92 Å². The minimum absolute atomic E-state index is 0.327. The Bertz CT molecular complexity index is 355. The van der Waals surface area contributed by atoms with Crippen molar-refractivity contribution in [3.63, 3.8) is 0 Å². The highest BCUT2D eigenvalue weighted by atomic mass is 35.5. The molecule has 0 aliphatic carbocycles. The van der Waals surface area contributed by atoms with E-state index in [0.717, 1.165) is 5.56 Å². The molecule has 4 heteroatoms. The molecule has 1 N–H and O–H groups in total. The first-order valence-corrected chi connectivity index (χ1v) is 6.39. The molecule has 96 valence electrons. The van der Waals surface area contributed by atoms with Gasteiger partial charge in [-0.25, -0.2) is 0 Å². The summed E-state index contributed by atoms with van der Waals surface area (Å²) < 4.78 is 5.04. The summed E-state index contributed by atoms with van der Waals surface area (Å²) in [5, 5.41) is 11.2. The Morgan fingerprint density at radius 2 is 2.06 bits per heavy atom. The normalized spacial score (nSPS) is 14.6. The van der Waals surface area contributed by atoms with E-state index in [-0.39, 0.29) is 0 Å². The van der Waals surface area contributed by atoms with E-state index < -0.39 is 6.10 Å². The van der Waals surface area contributed by atoms with Gasteiger partial charge >= 0.3 is 0 Å². The minimum Gasteiger partial charge on any atom is -0.393 e. The molecule has 2 atom stereocenters. The molecule has 0 aliphatic heterocycles. The summed E-state index contributed by atoms with van der Waals surface area (Å²) in [6, 6.07) is 5.30. The van der Waals surface area contributed by atoms with Crippen LogP contribution in [-0.2, 0) is 11.2 Å². The average molecular weight is 277 g/mol. The van der Waals surface area contributed by atoms with E-state index in [1.54, 1.807) is 25.3 Å². The van der Waals surface area contributed by atoms with E-state index in [4.69, 9.17) is 27.9 Å². The van der Waals surface area contributed by atoms with E-state index in [2.05, 4.69) is 0 Å². The van der Waals surface area contributed by atoms with Crippen molar-refractivity contribution < 1.29 is 9.84 Å². The van der Waals surface area contributed by atoms with Gasteiger partial charge in [-0.15, -0.1) is 0 Å². The SMILES string of the molecule is COCC(C)CC(O)Cc1cc(Cl)ccc1Cl. The van der Waals surface area contributed by atoms with Gasteiger partial charge in [0.1, 0.15) is 0 Å². The van der Waals surface area contributed by atoms with Crippen LogP contribution in [0.15, 0.2) is 18.2 Å². The zero-order chi connectivity index (χ0) is 12.8. The number of benzene rings is 1. The molecule has 0 fully saturated rings. The van der Waals surface area contributed by atoms with Crippen molar-refractivity contribution in [3.05, 3.63) is 33.8 Å². The predicted octanol–water partition coefficient (Wildman–Crippen LogP) is 3.57. The molecule has 2 nitrogen and oxygen atoms in total. The molecular formula is C13H18Cl2O2. The molecule has 0 saturated heterocycles. The number of ether oxygens (including phenoxy) is 1. The summed E-state index contributed by atoms with van der Waals surface area (Å²) >= 11 is 11.9. The van der Waals surface area contributed by atoms with Crippen LogP contribution in [0.4, 0.5) is 0 Å². The highest BCUT2D eigenvalue weighted by Crippen LogP contribution is 2.23. The van der Waals surface area contributed by atoms with Crippen molar-refractivity contribution in [1.82, 2.24) is 0 Å². The average Bonchev–Trinajstić information content (AvgIpc) is 2.23. The fourth-order valence-electron chi connectivity index (χ4n) is 1.85. The molecule has 0 spiro atoms. The fraction of sp³-hybridized carbons (Fsp3) is 0.538. The third-order valence-corrected chi connectivity index (χ3v) is 3.19. The topological polar surface area (TPSA) is 29.5 Å². The standard InChI is InChI=1S/C13H18Cl2O2/c1-9(8-17-2)5-12(16)7-10-6-11(14)3-4-13(10)15/h3-4,6,9,12,16H,5,7-8H2,1-2H3. The lowest BCUT2D eigenvalue weighted by Crippen LogP contribution is -2.17. The zero-order valence-corrected chi connectivity index (χ0v) is 11.6. The van der Waals surface area contributed by atoms with E-state index in [9.17, 15) is 5.11 Å². The molecule has 0 radical (unpaired) electrons. The lowest BCUT2D eigenvalue weighted by molar-refractivity contribution is 0.102. The molecule has 0 aliphatic rings. The Balaban J connectivity index is 2.55. The summed E-state index contributed by atoms with van der Waals surface area (Å²) in [5.74, 6) is 0.327. The van der Waals surface area contributed by atoms with Crippen LogP contribution in [0.5, 0.6) is 0 Å². The highest BCUT2D eigenvalue weighted by Gasteiger charge is 2.13. The van der Waals surface area contributed by atoms with Crippen LogP contribution >= 0.6 is 23.2 Å². The second-order valence-corrected chi connectivity index (χ2v) is 5.23. The van der Waals surface area contributed by atoms with Gasteiger partial charge in [-0.3, -0.25) is 0 Å². The number of methoxy groups -OCH3 is 1. The fourth-order valence-corrected chi connectivity index (χ4v) is 2.24. The van der Waals surface area contributed by atoms with Gasteiger partial charge in [0.15, 0.2) is 0 Å². The van der Waals surface area contributed by atoms with Crippen LogP contribution in [0.1, 0.15) is 18.9 Å². The van der Waals surface area contributed by atoms with Crippen molar-refractivity contribution >= 4 is 23.2 Å². The quantitative estimate of drug-likeness (QED) is 0.861. The van der Waals surface area contributed by atoms with Gasteiger partial charge < -0.3 is 9.84 Å². The van der Waals surface area contributed by atoms with Gasteiger partial charge in [-0.1, -0.05) is 30.1 Å². The molecular weight excluding hydrogens is 259 g/mol. The molecule has 0 saturated carbocycles. The molecule has 17 heavy (non-hydrogen) atoms. The van der Waals surface area contributed by atoms with Crippen LogP contribution in [0, 0.1) is 5.92 Å². The smallest absolute Gasteiger partial charge is 0.0584 e.